The van der Waals surface area contributed by atoms with Crippen molar-refractivity contribution in [1.29, 1.82) is 0 Å². The van der Waals surface area contributed by atoms with Crippen molar-refractivity contribution in [3.63, 3.8) is 0 Å². The Kier molecular flexibility index (Phi) is 3.62. The molecule has 1 N–H and O–H groups in total. The molecule has 0 unspecified atom stereocenters. The first kappa shape index (κ1) is 12.6. The monoisotopic (exact) mass is 262 g/mol. The molecule has 1 aromatic heterocycles. The number of pyridine rings is 1. The van der Waals surface area contributed by atoms with Crippen LogP contribution in [-0.4, -0.2) is 19.7 Å². The second-order valence-corrected chi connectivity index (χ2v) is 5.99. The van der Waals surface area contributed by atoms with E-state index in [-0.39, 0.29) is 0 Å². The normalized spacial score (nSPS) is 11.2. The topological polar surface area (TPSA) is 59.1 Å². The number of hydrogen-bond acceptors (Lipinski definition) is 4. The molecule has 0 bridgehead atoms. The van der Waals surface area contributed by atoms with E-state index < -0.39 is 9.84 Å². The average molecular weight is 262 g/mol. The highest BCUT2D eigenvalue weighted by molar-refractivity contribution is 7.90. The van der Waals surface area contributed by atoms with E-state index in [1.165, 1.54) is 6.26 Å². The average Bonchev–Trinajstić information content (AvgIpc) is 2.37. The number of rotatable bonds is 4. The summed E-state index contributed by atoms with van der Waals surface area (Å²) in [6, 6.07) is 12.4. The Morgan fingerprint density at radius 2 is 2.00 bits per heavy atom. The quantitative estimate of drug-likeness (QED) is 0.916. The van der Waals surface area contributed by atoms with E-state index >= 15 is 0 Å². The summed E-state index contributed by atoms with van der Waals surface area (Å²) in [7, 11) is -3.16. The molecule has 94 valence electrons. The third-order valence-corrected chi connectivity index (χ3v) is 3.57. The molecule has 4 nitrogen and oxygen atoms in total. The van der Waals surface area contributed by atoms with Gasteiger partial charge in [-0.25, -0.2) is 8.42 Å². The minimum atomic E-state index is -3.16. The minimum Gasteiger partial charge on any atom is -0.379 e. The molecular formula is C13H14N2O2S. The van der Waals surface area contributed by atoms with Crippen LogP contribution in [0.25, 0.3) is 0 Å². The zero-order valence-corrected chi connectivity index (χ0v) is 10.8. The fourth-order valence-corrected chi connectivity index (χ4v) is 2.20. The molecule has 1 aromatic carbocycles. The van der Waals surface area contributed by atoms with Gasteiger partial charge in [-0.2, -0.15) is 0 Å². The van der Waals surface area contributed by atoms with Crippen LogP contribution in [0.1, 0.15) is 5.69 Å². The predicted octanol–water partition coefficient (Wildman–Crippen LogP) is 2.10. The van der Waals surface area contributed by atoms with Crippen molar-refractivity contribution in [2.75, 3.05) is 11.6 Å². The Balaban J connectivity index is 2.11. The second-order valence-electron chi connectivity index (χ2n) is 3.97. The molecule has 0 radical (unpaired) electrons. The smallest absolute Gasteiger partial charge is 0.175 e. The van der Waals surface area contributed by atoms with Crippen molar-refractivity contribution in [1.82, 2.24) is 4.98 Å². The Morgan fingerprint density at radius 3 is 2.67 bits per heavy atom. The number of aromatic nitrogens is 1. The molecule has 18 heavy (non-hydrogen) atoms. The van der Waals surface area contributed by atoms with Gasteiger partial charge in [-0.05, 0) is 30.3 Å². The molecule has 0 aliphatic carbocycles. The van der Waals surface area contributed by atoms with E-state index in [0.717, 1.165) is 11.4 Å². The zero-order chi connectivity index (χ0) is 13.0. The van der Waals surface area contributed by atoms with Crippen molar-refractivity contribution in [3.05, 3.63) is 54.4 Å². The Morgan fingerprint density at radius 1 is 1.17 bits per heavy atom. The van der Waals surface area contributed by atoms with Crippen LogP contribution in [0.15, 0.2) is 53.6 Å². The number of sulfone groups is 1. The van der Waals surface area contributed by atoms with E-state index in [0.29, 0.717) is 11.4 Å². The number of hydrogen-bond donors (Lipinski definition) is 1. The van der Waals surface area contributed by atoms with Crippen LogP contribution in [0.5, 0.6) is 0 Å². The maximum atomic E-state index is 11.4. The summed E-state index contributed by atoms with van der Waals surface area (Å²) < 4.78 is 22.8. The van der Waals surface area contributed by atoms with Gasteiger partial charge >= 0.3 is 0 Å². The van der Waals surface area contributed by atoms with Crippen molar-refractivity contribution in [2.24, 2.45) is 0 Å². The van der Waals surface area contributed by atoms with Crippen molar-refractivity contribution in [3.8, 4) is 0 Å². The molecule has 0 saturated heterocycles. The first-order valence-corrected chi connectivity index (χ1v) is 7.39. The molecule has 1 heterocycles. The molecule has 0 amide bonds. The number of benzene rings is 1. The molecule has 2 aromatic rings. The third kappa shape index (κ3) is 3.30. The number of anilines is 1. The fourth-order valence-electron chi connectivity index (χ4n) is 1.53. The maximum Gasteiger partial charge on any atom is 0.175 e. The molecule has 2 rings (SSSR count). The van der Waals surface area contributed by atoms with Crippen LogP contribution in [-0.2, 0) is 16.4 Å². The van der Waals surface area contributed by atoms with Crippen molar-refractivity contribution >= 4 is 15.5 Å². The van der Waals surface area contributed by atoms with E-state index in [2.05, 4.69) is 10.3 Å². The lowest BCUT2D eigenvalue weighted by molar-refractivity contribution is 0.602. The lowest BCUT2D eigenvalue weighted by Gasteiger charge is -2.07. The van der Waals surface area contributed by atoms with E-state index in [1.54, 1.807) is 24.4 Å². The standard InChI is InChI=1S/C13H14N2O2S/c1-18(16,17)13-7-4-6-11(9-13)15-10-12-5-2-3-8-14-12/h2-9,15H,10H2,1H3. The Bertz CT molecular complexity index is 624. The predicted molar refractivity (Wildman–Crippen MR) is 71.1 cm³/mol. The third-order valence-electron chi connectivity index (χ3n) is 2.46. The molecule has 0 aliphatic rings. The van der Waals surface area contributed by atoms with Gasteiger partial charge in [-0.1, -0.05) is 12.1 Å². The molecule has 0 saturated carbocycles. The number of nitrogens with one attached hydrogen (secondary N) is 1. The molecular weight excluding hydrogens is 248 g/mol. The highest BCUT2D eigenvalue weighted by Gasteiger charge is 2.06. The maximum absolute atomic E-state index is 11.4. The van der Waals surface area contributed by atoms with Gasteiger partial charge in [0.15, 0.2) is 9.84 Å². The summed E-state index contributed by atoms with van der Waals surface area (Å²) in [6.45, 7) is 0.564. The van der Waals surface area contributed by atoms with E-state index in [4.69, 9.17) is 0 Å². The Hall–Kier alpha value is -1.88. The van der Waals surface area contributed by atoms with Gasteiger partial charge in [0.05, 0.1) is 17.1 Å². The van der Waals surface area contributed by atoms with E-state index in [9.17, 15) is 8.42 Å². The molecule has 0 spiro atoms. The first-order valence-electron chi connectivity index (χ1n) is 5.49. The van der Waals surface area contributed by atoms with Gasteiger partial charge in [0.1, 0.15) is 0 Å². The zero-order valence-electron chi connectivity index (χ0n) is 10.00. The summed E-state index contributed by atoms with van der Waals surface area (Å²) in [4.78, 5) is 4.50. The second kappa shape index (κ2) is 5.18. The SMILES string of the molecule is CS(=O)(=O)c1cccc(NCc2ccccn2)c1. The molecule has 0 atom stereocenters. The summed E-state index contributed by atoms with van der Waals surface area (Å²) >= 11 is 0. The van der Waals surface area contributed by atoms with Crippen LogP contribution in [0.4, 0.5) is 5.69 Å². The van der Waals surface area contributed by atoms with Gasteiger partial charge in [0.25, 0.3) is 0 Å². The summed E-state index contributed by atoms with van der Waals surface area (Å²) in [5.74, 6) is 0. The lowest BCUT2D eigenvalue weighted by Crippen LogP contribution is -2.03. The fraction of sp³-hybridized carbons (Fsp3) is 0.154. The van der Waals surface area contributed by atoms with Gasteiger partial charge < -0.3 is 5.32 Å². The minimum absolute atomic E-state index is 0.313. The van der Waals surface area contributed by atoms with E-state index in [1.807, 2.05) is 24.3 Å². The van der Waals surface area contributed by atoms with Crippen molar-refractivity contribution in [2.45, 2.75) is 11.4 Å². The largest absolute Gasteiger partial charge is 0.379 e. The van der Waals surface area contributed by atoms with Gasteiger partial charge in [0.2, 0.25) is 0 Å². The highest BCUT2D eigenvalue weighted by atomic mass is 32.2. The molecule has 0 aliphatic heterocycles. The van der Waals surface area contributed by atoms with Crippen LogP contribution in [0.3, 0.4) is 0 Å². The van der Waals surface area contributed by atoms with Crippen LogP contribution >= 0.6 is 0 Å². The van der Waals surface area contributed by atoms with Crippen LogP contribution < -0.4 is 5.32 Å². The molecule has 0 fully saturated rings. The van der Waals surface area contributed by atoms with Gasteiger partial charge in [-0.15, -0.1) is 0 Å². The summed E-state index contributed by atoms with van der Waals surface area (Å²) in [5, 5.41) is 3.15. The van der Waals surface area contributed by atoms with Crippen LogP contribution in [0, 0.1) is 0 Å². The van der Waals surface area contributed by atoms with Crippen LogP contribution in [0.2, 0.25) is 0 Å². The highest BCUT2D eigenvalue weighted by Crippen LogP contribution is 2.15. The lowest BCUT2D eigenvalue weighted by atomic mass is 10.3. The summed E-state index contributed by atoms with van der Waals surface area (Å²) in [6.07, 6.45) is 2.93. The Labute approximate surface area is 107 Å². The number of nitrogens with zero attached hydrogens (tertiary/aromatic N) is 1. The van der Waals surface area contributed by atoms with Crippen molar-refractivity contribution < 1.29 is 8.42 Å². The van der Waals surface area contributed by atoms with Gasteiger partial charge in [-0.3, -0.25) is 4.98 Å². The summed E-state index contributed by atoms with van der Waals surface area (Å²) in [5.41, 5.74) is 1.67. The molecule has 5 heteroatoms. The van der Waals surface area contributed by atoms with Gasteiger partial charge in [0, 0.05) is 18.1 Å². The first-order chi connectivity index (χ1) is 8.55.